The number of carbonyl (C=O) groups excluding carboxylic acids is 1. The number of halogens is 1. The lowest BCUT2D eigenvalue weighted by atomic mass is 10.1. The number of furan rings is 1. The maximum absolute atomic E-state index is 12.2. The van der Waals surface area contributed by atoms with E-state index in [0.29, 0.717) is 11.3 Å². The zero-order valence-corrected chi connectivity index (χ0v) is 12.0. The summed E-state index contributed by atoms with van der Waals surface area (Å²) in [7, 11) is 0. The molecule has 0 fully saturated rings. The number of hydrogen-bond acceptors (Lipinski definition) is 3. The summed E-state index contributed by atoms with van der Waals surface area (Å²) in [6.45, 7) is 2.02. The van der Waals surface area contributed by atoms with Crippen molar-refractivity contribution in [3.05, 3.63) is 56.4 Å². The van der Waals surface area contributed by atoms with Crippen LogP contribution >= 0.6 is 27.3 Å². The Balaban J connectivity index is 2.06. The van der Waals surface area contributed by atoms with Crippen molar-refractivity contribution >= 4 is 44.0 Å². The van der Waals surface area contributed by atoms with Crippen LogP contribution in [0.4, 0.5) is 0 Å². The van der Waals surface area contributed by atoms with Crippen LogP contribution in [0.2, 0.25) is 0 Å². The van der Waals surface area contributed by atoms with Crippen LogP contribution in [0.25, 0.3) is 11.0 Å². The van der Waals surface area contributed by atoms with Crippen molar-refractivity contribution in [1.82, 2.24) is 0 Å². The number of fused-ring (bicyclic) bond motifs is 1. The molecule has 2 aromatic heterocycles. The van der Waals surface area contributed by atoms with Crippen LogP contribution in [-0.4, -0.2) is 5.78 Å². The van der Waals surface area contributed by atoms with Gasteiger partial charge in [0.25, 0.3) is 0 Å². The number of carbonyl (C=O) groups is 1. The standard InChI is InChI=1S/C14H9BrO2S/c1-8-2-3-11-9(4-8)5-12(17-11)14(16)10-6-13(15)18-7-10/h2-7H,1H3. The third-order valence-electron chi connectivity index (χ3n) is 2.73. The third kappa shape index (κ3) is 2.02. The predicted octanol–water partition coefficient (Wildman–Crippen LogP) is 4.80. The molecule has 0 aliphatic carbocycles. The number of hydrogen-bond donors (Lipinski definition) is 0. The number of thiophene rings is 1. The zero-order chi connectivity index (χ0) is 12.7. The third-order valence-corrected chi connectivity index (χ3v) is 4.23. The number of ketones is 1. The van der Waals surface area contributed by atoms with Crippen molar-refractivity contribution in [3.63, 3.8) is 0 Å². The Morgan fingerprint density at radius 2 is 2.11 bits per heavy atom. The molecule has 0 atom stereocenters. The van der Waals surface area contributed by atoms with Crippen molar-refractivity contribution in [2.75, 3.05) is 0 Å². The molecule has 0 bridgehead atoms. The minimum atomic E-state index is -0.0780. The molecular formula is C14H9BrO2S. The van der Waals surface area contributed by atoms with E-state index in [-0.39, 0.29) is 5.78 Å². The summed E-state index contributed by atoms with van der Waals surface area (Å²) in [4.78, 5) is 12.2. The fourth-order valence-electron chi connectivity index (χ4n) is 1.85. The highest BCUT2D eigenvalue weighted by Crippen LogP contribution is 2.26. The lowest BCUT2D eigenvalue weighted by Gasteiger charge is -1.91. The van der Waals surface area contributed by atoms with Crippen molar-refractivity contribution in [2.45, 2.75) is 6.92 Å². The van der Waals surface area contributed by atoms with E-state index in [0.717, 1.165) is 20.3 Å². The average molecular weight is 321 g/mol. The van der Waals surface area contributed by atoms with E-state index in [1.54, 1.807) is 6.07 Å². The molecule has 0 radical (unpaired) electrons. The van der Waals surface area contributed by atoms with Crippen molar-refractivity contribution in [2.24, 2.45) is 0 Å². The van der Waals surface area contributed by atoms with Gasteiger partial charge in [0.05, 0.1) is 3.79 Å². The molecule has 0 aliphatic rings. The number of rotatable bonds is 2. The van der Waals surface area contributed by atoms with Crippen LogP contribution < -0.4 is 0 Å². The Bertz CT molecular complexity index is 739. The zero-order valence-electron chi connectivity index (χ0n) is 9.57. The van der Waals surface area contributed by atoms with E-state index in [9.17, 15) is 4.79 Å². The van der Waals surface area contributed by atoms with Crippen molar-refractivity contribution < 1.29 is 9.21 Å². The molecule has 2 heterocycles. The highest BCUT2D eigenvalue weighted by Gasteiger charge is 2.15. The van der Waals surface area contributed by atoms with Gasteiger partial charge in [0, 0.05) is 16.3 Å². The molecule has 4 heteroatoms. The average Bonchev–Trinajstić information content (AvgIpc) is 2.93. The van der Waals surface area contributed by atoms with E-state index in [1.807, 2.05) is 36.6 Å². The van der Waals surface area contributed by atoms with Gasteiger partial charge in [0.1, 0.15) is 5.58 Å². The first-order valence-electron chi connectivity index (χ1n) is 5.42. The fraction of sp³-hybridized carbons (Fsp3) is 0.0714. The molecule has 3 aromatic rings. The normalized spacial score (nSPS) is 11.0. The van der Waals surface area contributed by atoms with Crippen LogP contribution in [0.3, 0.4) is 0 Å². The predicted molar refractivity (Wildman–Crippen MR) is 76.4 cm³/mol. The minimum absolute atomic E-state index is 0.0780. The molecule has 90 valence electrons. The summed E-state index contributed by atoms with van der Waals surface area (Å²) in [6.07, 6.45) is 0. The van der Waals surface area contributed by atoms with Crippen LogP contribution in [0.15, 0.2) is 43.9 Å². The van der Waals surface area contributed by atoms with E-state index < -0.39 is 0 Å². The Morgan fingerprint density at radius 3 is 2.83 bits per heavy atom. The fourth-order valence-corrected chi connectivity index (χ4v) is 2.98. The van der Waals surface area contributed by atoms with Gasteiger partial charge in [-0.2, -0.15) is 0 Å². The smallest absolute Gasteiger partial charge is 0.229 e. The lowest BCUT2D eigenvalue weighted by Crippen LogP contribution is -1.96. The molecule has 2 nitrogen and oxygen atoms in total. The molecule has 0 amide bonds. The Morgan fingerprint density at radius 1 is 1.28 bits per heavy atom. The Labute approximate surface area is 116 Å². The number of benzene rings is 1. The van der Waals surface area contributed by atoms with E-state index in [1.165, 1.54) is 11.3 Å². The molecule has 0 aliphatic heterocycles. The first-order chi connectivity index (χ1) is 8.63. The molecule has 1 aromatic carbocycles. The van der Waals surface area contributed by atoms with E-state index in [4.69, 9.17) is 4.42 Å². The van der Waals surface area contributed by atoms with Crippen LogP contribution in [0, 0.1) is 6.92 Å². The second-order valence-electron chi connectivity index (χ2n) is 4.12. The van der Waals surface area contributed by atoms with Gasteiger partial charge in [0.2, 0.25) is 5.78 Å². The first-order valence-corrected chi connectivity index (χ1v) is 7.10. The molecular weight excluding hydrogens is 312 g/mol. The molecule has 0 unspecified atom stereocenters. The quantitative estimate of drug-likeness (QED) is 0.635. The van der Waals surface area contributed by atoms with E-state index in [2.05, 4.69) is 15.9 Å². The van der Waals surface area contributed by atoms with E-state index >= 15 is 0 Å². The van der Waals surface area contributed by atoms with Crippen molar-refractivity contribution in [3.8, 4) is 0 Å². The molecule has 0 N–H and O–H groups in total. The molecule has 18 heavy (non-hydrogen) atoms. The molecule has 0 saturated carbocycles. The van der Waals surface area contributed by atoms with Gasteiger partial charge in [0.15, 0.2) is 5.76 Å². The minimum Gasteiger partial charge on any atom is -0.453 e. The summed E-state index contributed by atoms with van der Waals surface area (Å²) in [6, 6.07) is 9.49. The van der Waals surface area contributed by atoms with Crippen LogP contribution in [0.1, 0.15) is 21.7 Å². The Kier molecular flexibility index (Phi) is 2.84. The topological polar surface area (TPSA) is 30.2 Å². The molecule has 3 rings (SSSR count). The summed E-state index contributed by atoms with van der Waals surface area (Å²) < 4.78 is 6.53. The Hall–Kier alpha value is -1.39. The van der Waals surface area contributed by atoms with Crippen molar-refractivity contribution in [1.29, 1.82) is 0 Å². The van der Waals surface area contributed by atoms with Gasteiger partial charge < -0.3 is 4.42 Å². The molecule has 0 spiro atoms. The highest BCUT2D eigenvalue weighted by molar-refractivity contribution is 9.11. The summed E-state index contributed by atoms with van der Waals surface area (Å²) >= 11 is 4.84. The maximum atomic E-state index is 12.2. The van der Waals surface area contributed by atoms with Gasteiger partial charge in [-0.1, -0.05) is 11.6 Å². The SMILES string of the molecule is Cc1ccc2oc(C(=O)c3csc(Br)c3)cc2c1. The monoisotopic (exact) mass is 320 g/mol. The van der Waals surface area contributed by atoms with Gasteiger partial charge in [-0.25, -0.2) is 0 Å². The summed E-state index contributed by atoms with van der Waals surface area (Å²) in [5, 5.41) is 2.79. The van der Waals surface area contributed by atoms with Crippen LogP contribution in [-0.2, 0) is 0 Å². The lowest BCUT2D eigenvalue weighted by molar-refractivity contribution is 0.101. The van der Waals surface area contributed by atoms with Gasteiger partial charge >= 0.3 is 0 Å². The second-order valence-corrected chi connectivity index (χ2v) is 6.41. The first kappa shape index (κ1) is 11.7. The van der Waals surface area contributed by atoms with Gasteiger partial charge in [-0.15, -0.1) is 11.3 Å². The maximum Gasteiger partial charge on any atom is 0.229 e. The van der Waals surface area contributed by atoms with Gasteiger partial charge in [-0.3, -0.25) is 4.79 Å². The second kappa shape index (κ2) is 4.37. The van der Waals surface area contributed by atoms with Gasteiger partial charge in [-0.05, 0) is 47.1 Å². The molecule has 0 saturated heterocycles. The largest absolute Gasteiger partial charge is 0.453 e. The highest BCUT2D eigenvalue weighted by atomic mass is 79.9. The summed E-state index contributed by atoms with van der Waals surface area (Å²) in [5.41, 5.74) is 2.56. The van der Waals surface area contributed by atoms with Crippen LogP contribution in [0.5, 0.6) is 0 Å². The number of aryl methyl sites for hydroxylation is 1. The summed E-state index contributed by atoms with van der Waals surface area (Å²) in [5.74, 6) is 0.312.